The summed E-state index contributed by atoms with van der Waals surface area (Å²) in [6, 6.07) is 5.18. The summed E-state index contributed by atoms with van der Waals surface area (Å²) in [4.78, 5) is 0. The highest BCUT2D eigenvalue weighted by atomic mass is 19.3. The number of ether oxygens (including phenoxy) is 1. The molecule has 0 aliphatic heterocycles. The monoisotopic (exact) mass is 624 g/mol. The van der Waals surface area contributed by atoms with Crippen molar-refractivity contribution in [1.29, 1.82) is 0 Å². The molecule has 9 heteroatoms. The highest BCUT2D eigenvalue weighted by molar-refractivity contribution is 5.65. The Morgan fingerprint density at radius 1 is 0.682 bits per heavy atom. The van der Waals surface area contributed by atoms with Crippen molar-refractivity contribution in [1.82, 2.24) is 0 Å². The second kappa shape index (κ2) is 13.5. The molecule has 0 radical (unpaired) electrons. The average Bonchev–Trinajstić information content (AvgIpc) is 2.98. The topological polar surface area (TPSA) is 9.23 Å². The SMILES string of the molecule is CCCCC1CCC(C2CCC(c3cc(F)c(C(F)(F)Oc4ccc(-c5cc(F)c(F)c(F)c5)c(F)c4)c(F)c3)CC2)CC1. The van der Waals surface area contributed by atoms with Crippen LogP contribution in [0.4, 0.5) is 35.1 Å². The minimum absolute atomic E-state index is 0.137. The molecule has 44 heavy (non-hydrogen) atoms. The standard InChI is InChI=1S/C35H36F8O/c1-2-3-4-20-5-7-21(8-6-20)22-9-11-23(12-10-22)24-15-29(37)33(30(38)16-24)35(42,43)44-26-13-14-27(28(36)19-26)25-17-31(39)34(41)32(40)18-25/h13-23H,2-12H2,1H3. The number of rotatable bonds is 9. The van der Waals surface area contributed by atoms with Crippen molar-refractivity contribution < 1.29 is 39.9 Å². The predicted molar refractivity (Wildman–Crippen MR) is 152 cm³/mol. The van der Waals surface area contributed by atoms with Crippen LogP contribution in [0.15, 0.2) is 42.5 Å². The van der Waals surface area contributed by atoms with Crippen LogP contribution < -0.4 is 4.74 Å². The first-order valence-electron chi connectivity index (χ1n) is 15.5. The van der Waals surface area contributed by atoms with Gasteiger partial charge >= 0.3 is 6.11 Å². The van der Waals surface area contributed by atoms with Crippen LogP contribution in [-0.2, 0) is 6.11 Å². The van der Waals surface area contributed by atoms with E-state index in [0.29, 0.717) is 35.6 Å². The molecule has 3 aromatic carbocycles. The van der Waals surface area contributed by atoms with Crippen LogP contribution in [0.1, 0.15) is 94.6 Å². The third-order valence-corrected chi connectivity index (χ3v) is 9.60. The second-order valence-electron chi connectivity index (χ2n) is 12.4. The van der Waals surface area contributed by atoms with Crippen LogP contribution in [0.25, 0.3) is 11.1 Å². The molecule has 0 aromatic heterocycles. The highest BCUT2D eigenvalue weighted by Crippen LogP contribution is 2.46. The largest absolute Gasteiger partial charge is 0.432 e. The number of hydrogen-bond acceptors (Lipinski definition) is 1. The number of alkyl halides is 2. The van der Waals surface area contributed by atoms with Gasteiger partial charge in [0.1, 0.15) is 28.8 Å². The Labute approximate surface area is 252 Å². The molecule has 3 aromatic rings. The third kappa shape index (κ3) is 7.07. The molecule has 2 aliphatic carbocycles. The summed E-state index contributed by atoms with van der Waals surface area (Å²) < 4.78 is 120. The van der Waals surface area contributed by atoms with Crippen molar-refractivity contribution in [3.05, 3.63) is 88.5 Å². The quantitative estimate of drug-likeness (QED) is 0.170. The number of unbranched alkanes of at least 4 members (excludes halogenated alkanes) is 1. The summed E-state index contributed by atoms with van der Waals surface area (Å²) in [7, 11) is 0. The van der Waals surface area contributed by atoms with Gasteiger partial charge in [-0.25, -0.2) is 26.3 Å². The maximum Gasteiger partial charge on any atom is 0.432 e. The highest BCUT2D eigenvalue weighted by Gasteiger charge is 2.42. The van der Waals surface area contributed by atoms with E-state index in [4.69, 9.17) is 0 Å². The molecule has 2 saturated carbocycles. The van der Waals surface area contributed by atoms with E-state index in [-0.39, 0.29) is 11.5 Å². The van der Waals surface area contributed by atoms with Crippen LogP contribution in [0.2, 0.25) is 0 Å². The molecule has 0 N–H and O–H groups in total. The first-order valence-corrected chi connectivity index (χ1v) is 15.5. The van der Waals surface area contributed by atoms with Crippen molar-refractivity contribution in [3.63, 3.8) is 0 Å². The van der Waals surface area contributed by atoms with Crippen LogP contribution in [0.5, 0.6) is 5.75 Å². The molecular weight excluding hydrogens is 588 g/mol. The molecule has 2 fully saturated rings. The zero-order valence-corrected chi connectivity index (χ0v) is 24.6. The van der Waals surface area contributed by atoms with Gasteiger partial charge in [0.05, 0.1) is 0 Å². The lowest BCUT2D eigenvalue weighted by atomic mass is 9.68. The maximum atomic E-state index is 15.1. The Balaban J connectivity index is 1.23. The normalized spacial score (nSPS) is 22.7. The van der Waals surface area contributed by atoms with Crippen LogP contribution in [0, 0.1) is 52.7 Å². The Morgan fingerprint density at radius 2 is 1.25 bits per heavy atom. The fraction of sp³-hybridized carbons (Fsp3) is 0.486. The number of hydrogen-bond donors (Lipinski definition) is 0. The Bertz CT molecular complexity index is 1410. The van der Waals surface area contributed by atoms with Gasteiger partial charge in [0, 0.05) is 11.6 Å². The number of halogens is 8. The number of benzene rings is 3. The minimum Gasteiger partial charge on any atom is -0.429 e. The van der Waals surface area contributed by atoms with E-state index in [1.54, 1.807) is 0 Å². The van der Waals surface area contributed by atoms with E-state index in [0.717, 1.165) is 55.9 Å². The lowest BCUT2D eigenvalue weighted by molar-refractivity contribution is -0.189. The van der Waals surface area contributed by atoms with E-state index in [2.05, 4.69) is 11.7 Å². The minimum atomic E-state index is -4.50. The zero-order chi connectivity index (χ0) is 31.6. The Morgan fingerprint density at radius 3 is 1.80 bits per heavy atom. The van der Waals surface area contributed by atoms with E-state index < -0.39 is 57.9 Å². The second-order valence-corrected chi connectivity index (χ2v) is 12.4. The van der Waals surface area contributed by atoms with Gasteiger partial charge in [-0.3, -0.25) is 0 Å². The fourth-order valence-electron chi connectivity index (χ4n) is 7.18. The van der Waals surface area contributed by atoms with Gasteiger partial charge in [-0.2, -0.15) is 8.78 Å². The Hall–Kier alpha value is -3.10. The summed E-state index contributed by atoms with van der Waals surface area (Å²) in [5.74, 6) is -7.85. The third-order valence-electron chi connectivity index (χ3n) is 9.60. The zero-order valence-electron chi connectivity index (χ0n) is 24.6. The summed E-state index contributed by atoms with van der Waals surface area (Å²) in [5, 5.41) is 0. The van der Waals surface area contributed by atoms with Crippen molar-refractivity contribution in [2.75, 3.05) is 0 Å². The molecule has 2 aliphatic rings. The van der Waals surface area contributed by atoms with Crippen LogP contribution in [-0.4, -0.2) is 0 Å². The summed E-state index contributed by atoms with van der Waals surface area (Å²) in [6.07, 6.45) is 7.65. The van der Waals surface area contributed by atoms with Gasteiger partial charge < -0.3 is 4.74 Å². The molecule has 0 bridgehead atoms. The molecule has 0 heterocycles. The molecule has 0 spiro atoms. The van der Waals surface area contributed by atoms with Gasteiger partial charge in [0.25, 0.3) is 0 Å². The van der Waals surface area contributed by atoms with Crippen molar-refractivity contribution >= 4 is 0 Å². The van der Waals surface area contributed by atoms with Crippen molar-refractivity contribution in [2.45, 2.75) is 89.6 Å². The molecule has 5 rings (SSSR count). The first kappa shape index (κ1) is 32.3. The molecule has 238 valence electrons. The summed E-state index contributed by atoms with van der Waals surface area (Å²) >= 11 is 0. The van der Waals surface area contributed by atoms with E-state index >= 15 is 17.6 Å². The molecule has 1 nitrogen and oxygen atoms in total. The molecule has 0 saturated heterocycles. The average molecular weight is 625 g/mol. The van der Waals surface area contributed by atoms with Gasteiger partial charge in [-0.1, -0.05) is 39.0 Å². The lowest BCUT2D eigenvalue weighted by Crippen LogP contribution is -2.27. The van der Waals surface area contributed by atoms with E-state index in [1.165, 1.54) is 44.9 Å². The molecule has 0 unspecified atom stereocenters. The van der Waals surface area contributed by atoms with Crippen LogP contribution in [0.3, 0.4) is 0 Å². The smallest absolute Gasteiger partial charge is 0.429 e. The fourth-order valence-corrected chi connectivity index (χ4v) is 7.18. The molecule has 0 amide bonds. The summed E-state index contributed by atoms with van der Waals surface area (Å²) in [6.45, 7) is 2.21. The Kier molecular flexibility index (Phi) is 9.90. The van der Waals surface area contributed by atoms with Gasteiger partial charge in [0.15, 0.2) is 17.5 Å². The van der Waals surface area contributed by atoms with E-state index in [1.807, 2.05) is 0 Å². The first-order chi connectivity index (χ1) is 21.0. The summed E-state index contributed by atoms with van der Waals surface area (Å²) in [5.41, 5.74) is -2.07. The predicted octanol–water partition coefficient (Wildman–Crippen LogP) is 11.6. The van der Waals surface area contributed by atoms with Gasteiger partial charge in [0.2, 0.25) is 0 Å². The van der Waals surface area contributed by atoms with Gasteiger partial charge in [-0.05, 0) is 110 Å². The van der Waals surface area contributed by atoms with Crippen molar-refractivity contribution in [3.8, 4) is 16.9 Å². The van der Waals surface area contributed by atoms with Crippen molar-refractivity contribution in [2.24, 2.45) is 17.8 Å². The molecular formula is C35H36F8O. The lowest BCUT2D eigenvalue weighted by Gasteiger charge is -2.38. The van der Waals surface area contributed by atoms with Crippen LogP contribution >= 0.6 is 0 Å². The van der Waals surface area contributed by atoms with E-state index in [9.17, 15) is 17.6 Å². The van der Waals surface area contributed by atoms with Gasteiger partial charge in [-0.15, -0.1) is 0 Å². The molecule has 0 atom stereocenters. The maximum absolute atomic E-state index is 15.1.